The molecule has 0 aromatic carbocycles. The molecule has 100 valence electrons. The molecule has 17 heavy (non-hydrogen) atoms. The van der Waals surface area contributed by atoms with E-state index in [-0.39, 0.29) is 0 Å². The lowest BCUT2D eigenvalue weighted by Crippen LogP contribution is -2.45. The molecule has 2 atom stereocenters. The molecule has 0 radical (unpaired) electrons. The van der Waals surface area contributed by atoms with Crippen molar-refractivity contribution in [2.75, 3.05) is 13.2 Å². The Morgan fingerprint density at radius 3 is 2.35 bits per heavy atom. The number of rotatable bonds is 5. The monoisotopic (exact) mass is 265 g/mol. The first kappa shape index (κ1) is 14.4. The molecule has 2 N–H and O–H groups in total. The molecule has 0 amide bonds. The van der Waals surface area contributed by atoms with Crippen molar-refractivity contribution < 1.29 is 23.1 Å². The van der Waals surface area contributed by atoms with Gasteiger partial charge in [0.05, 0.1) is 11.2 Å². The summed E-state index contributed by atoms with van der Waals surface area (Å²) in [6, 6.07) is -0.611. The second kappa shape index (κ2) is 5.79. The maximum Gasteiger partial charge on any atom is 0.307 e. The van der Waals surface area contributed by atoms with E-state index in [0.29, 0.717) is 26.1 Å². The van der Waals surface area contributed by atoms with E-state index in [0.717, 1.165) is 0 Å². The van der Waals surface area contributed by atoms with Crippen LogP contribution in [-0.4, -0.2) is 44.0 Å². The number of hydrogen-bond acceptors (Lipinski definition) is 4. The van der Waals surface area contributed by atoms with Crippen molar-refractivity contribution in [3.8, 4) is 0 Å². The molecule has 0 saturated carbocycles. The number of nitrogens with one attached hydrogen (secondary N) is 1. The molecule has 0 aromatic heterocycles. The summed E-state index contributed by atoms with van der Waals surface area (Å²) in [5, 5.41) is 8.33. The third kappa shape index (κ3) is 3.93. The molecule has 1 heterocycles. The van der Waals surface area contributed by atoms with Crippen LogP contribution in [0.5, 0.6) is 0 Å². The summed E-state index contributed by atoms with van der Waals surface area (Å²) in [5.74, 6) is -1.75. The lowest BCUT2D eigenvalue weighted by Gasteiger charge is -2.25. The van der Waals surface area contributed by atoms with Crippen LogP contribution in [0.3, 0.4) is 0 Å². The molecule has 1 fully saturated rings. The number of hydrogen-bond donors (Lipinski definition) is 2. The molecule has 1 aliphatic rings. The molecule has 0 aromatic rings. The van der Waals surface area contributed by atoms with Crippen molar-refractivity contribution in [1.82, 2.24) is 4.72 Å². The Morgan fingerprint density at radius 2 is 1.88 bits per heavy atom. The fourth-order valence-electron chi connectivity index (χ4n) is 1.66. The van der Waals surface area contributed by atoms with Crippen molar-refractivity contribution in [2.45, 2.75) is 38.0 Å². The average Bonchev–Trinajstić information content (AvgIpc) is 2.28. The predicted molar refractivity (Wildman–Crippen MR) is 62.2 cm³/mol. The van der Waals surface area contributed by atoms with Crippen molar-refractivity contribution in [3.05, 3.63) is 0 Å². The van der Waals surface area contributed by atoms with E-state index in [2.05, 4.69) is 4.72 Å². The van der Waals surface area contributed by atoms with Gasteiger partial charge in [0.25, 0.3) is 0 Å². The minimum atomic E-state index is -3.45. The van der Waals surface area contributed by atoms with Crippen LogP contribution >= 0.6 is 0 Å². The largest absolute Gasteiger partial charge is 0.481 e. The Morgan fingerprint density at radius 1 is 1.35 bits per heavy atom. The fourth-order valence-corrected chi connectivity index (χ4v) is 3.39. The van der Waals surface area contributed by atoms with E-state index in [4.69, 9.17) is 9.84 Å². The Labute approximate surface area is 101 Å². The summed E-state index contributed by atoms with van der Waals surface area (Å²) in [4.78, 5) is 10.7. The number of carboxylic acids is 1. The highest BCUT2D eigenvalue weighted by Gasteiger charge is 2.31. The van der Waals surface area contributed by atoms with Crippen LogP contribution in [0.2, 0.25) is 0 Å². The molecule has 0 spiro atoms. The Hall–Kier alpha value is -0.660. The van der Waals surface area contributed by atoms with Crippen LogP contribution in [-0.2, 0) is 19.6 Å². The molecule has 1 aliphatic heterocycles. The van der Waals surface area contributed by atoms with Crippen LogP contribution in [0.4, 0.5) is 0 Å². The van der Waals surface area contributed by atoms with Gasteiger partial charge in [0, 0.05) is 19.3 Å². The number of carbonyl (C=O) groups is 1. The molecule has 1 rings (SSSR count). The molecule has 0 bridgehead atoms. The zero-order chi connectivity index (χ0) is 13.1. The standard InChI is InChI=1S/C10H19NO5S/c1-7(10(12)13)8(2)11-17(14,15)9-3-5-16-6-4-9/h7-9,11H,3-6H2,1-2H3,(H,12,13). The highest BCUT2D eigenvalue weighted by Crippen LogP contribution is 2.16. The zero-order valence-corrected chi connectivity index (χ0v) is 10.9. The average molecular weight is 265 g/mol. The van der Waals surface area contributed by atoms with Crippen molar-refractivity contribution in [3.63, 3.8) is 0 Å². The normalized spacial score (nSPS) is 22.0. The predicted octanol–water partition coefficient (Wildman–Crippen LogP) is 0.194. The number of aliphatic carboxylic acids is 1. The minimum absolute atomic E-state index is 0.439. The first-order valence-electron chi connectivity index (χ1n) is 5.66. The summed E-state index contributed by atoms with van der Waals surface area (Å²) in [6.07, 6.45) is 0.924. The number of ether oxygens (including phenoxy) is 1. The molecule has 0 aliphatic carbocycles. The highest BCUT2D eigenvalue weighted by atomic mass is 32.2. The summed E-state index contributed by atoms with van der Waals surface area (Å²) >= 11 is 0. The van der Waals surface area contributed by atoms with E-state index in [1.807, 2.05) is 0 Å². The Balaban J connectivity index is 2.62. The molecule has 6 nitrogen and oxygen atoms in total. The summed E-state index contributed by atoms with van der Waals surface area (Å²) < 4.78 is 31.5. The van der Waals surface area contributed by atoms with E-state index in [9.17, 15) is 13.2 Å². The van der Waals surface area contributed by atoms with Crippen molar-refractivity contribution in [2.24, 2.45) is 5.92 Å². The van der Waals surface area contributed by atoms with E-state index < -0.39 is 33.2 Å². The van der Waals surface area contributed by atoms with Gasteiger partial charge in [0.15, 0.2) is 0 Å². The lowest BCUT2D eigenvalue weighted by atomic mass is 10.1. The van der Waals surface area contributed by atoms with Gasteiger partial charge < -0.3 is 9.84 Å². The lowest BCUT2D eigenvalue weighted by molar-refractivity contribution is -0.141. The quantitative estimate of drug-likeness (QED) is 0.740. The molecule has 1 saturated heterocycles. The summed E-state index contributed by atoms with van der Waals surface area (Å²) in [6.45, 7) is 3.93. The smallest absolute Gasteiger partial charge is 0.307 e. The Bertz CT molecular complexity index is 361. The number of carboxylic acid groups (broad SMARTS) is 1. The van der Waals surface area contributed by atoms with Gasteiger partial charge in [0.2, 0.25) is 10.0 Å². The van der Waals surface area contributed by atoms with Gasteiger partial charge in [-0.1, -0.05) is 6.92 Å². The van der Waals surface area contributed by atoms with Gasteiger partial charge in [-0.15, -0.1) is 0 Å². The maximum absolute atomic E-state index is 12.0. The maximum atomic E-state index is 12.0. The molecular formula is C10H19NO5S. The van der Waals surface area contributed by atoms with Gasteiger partial charge in [-0.3, -0.25) is 4.79 Å². The van der Waals surface area contributed by atoms with Crippen LogP contribution < -0.4 is 4.72 Å². The summed E-state index contributed by atoms with van der Waals surface area (Å²) in [7, 11) is -3.45. The van der Waals surface area contributed by atoms with Gasteiger partial charge in [-0.05, 0) is 19.8 Å². The van der Waals surface area contributed by atoms with Gasteiger partial charge in [-0.2, -0.15) is 0 Å². The molecule has 2 unspecified atom stereocenters. The van der Waals surface area contributed by atoms with Crippen LogP contribution in [0.1, 0.15) is 26.7 Å². The Kier molecular flexibility index (Phi) is 4.91. The van der Waals surface area contributed by atoms with Crippen LogP contribution in [0, 0.1) is 5.92 Å². The van der Waals surface area contributed by atoms with Crippen molar-refractivity contribution in [1.29, 1.82) is 0 Å². The zero-order valence-electron chi connectivity index (χ0n) is 10.0. The molecule has 7 heteroatoms. The van der Waals surface area contributed by atoms with E-state index >= 15 is 0 Å². The van der Waals surface area contributed by atoms with E-state index in [1.54, 1.807) is 6.92 Å². The van der Waals surface area contributed by atoms with Crippen molar-refractivity contribution >= 4 is 16.0 Å². The fraction of sp³-hybridized carbons (Fsp3) is 0.900. The third-order valence-electron chi connectivity index (χ3n) is 3.10. The van der Waals surface area contributed by atoms with Gasteiger partial charge in [0.1, 0.15) is 0 Å². The van der Waals surface area contributed by atoms with Crippen LogP contribution in [0.25, 0.3) is 0 Å². The van der Waals surface area contributed by atoms with Crippen LogP contribution in [0.15, 0.2) is 0 Å². The highest BCUT2D eigenvalue weighted by molar-refractivity contribution is 7.90. The first-order valence-corrected chi connectivity index (χ1v) is 7.21. The third-order valence-corrected chi connectivity index (χ3v) is 5.15. The minimum Gasteiger partial charge on any atom is -0.481 e. The van der Waals surface area contributed by atoms with E-state index in [1.165, 1.54) is 6.92 Å². The summed E-state index contributed by atoms with van der Waals surface area (Å²) in [5.41, 5.74) is 0. The first-order chi connectivity index (χ1) is 7.84. The topological polar surface area (TPSA) is 92.7 Å². The van der Waals surface area contributed by atoms with Gasteiger partial charge >= 0.3 is 5.97 Å². The number of sulfonamides is 1. The SMILES string of the molecule is CC(NS(=O)(=O)C1CCOCC1)C(C)C(=O)O. The van der Waals surface area contributed by atoms with Gasteiger partial charge in [-0.25, -0.2) is 13.1 Å². The second-order valence-corrected chi connectivity index (χ2v) is 6.38. The second-order valence-electron chi connectivity index (χ2n) is 4.39. The molecular weight excluding hydrogens is 246 g/mol.